The van der Waals surface area contributed by atoms with E-state index in [1.165, 1.54) is 0 Å². The van der Waals surface area contributed by atoms with Crippen molar-refractivity contribution < 1.29 is 133 Å². The Morgan fingerprint density at radius 2 is 1.09 bits per heavy atom. The number of aliphatic carboxylic acids is 2. The number of aromatic hydroxyl groups is 11. The van der Waals surface area contributed by atoms with E-state index < -0.39 is 211 Å². The highest BCUT2D eigenvalue weighted by molar-refractivity contribution is 6.08. The summed E-state index contributed by atoms with van der Waals surface area (Å²) < 4.78 is 39.3. The molecule has 4 aliphatic rings. The first-order valence-corrected chi connectivity index (χ1v) is 19.2. The summed E-state index contributed by atoms with van der Waals surface area (Å²) in [7, 11) is 0. The molecular formula is C41H30O27. The van der Waals surface area contributed by atoms with E-state index in [2.05, 4.69) is 0 Å². The summed E-state index contributed by atoms with van der Waals surface area (Å²) in [5, 5.41) is 136. The van der Waals surface area contributed by atoms with E-state index in [0.29, 0.717) is 30.3 Å². The largest absolute Gasteiger partial charge is 0.504 e. The number of cyclic esters (lactones) is 1. The zero-order valence-electron chi connectivity index (χ0n) is 33.4. The van der Waals surface area contributed by atoms with Gasteiger partial charge in [0.2, 0.25) is 35.7 Å². The van der Waals surface area contributed by atoms with Crippen molar-refractivity contribution in [3.63, 3.8) is 0 Å². The number of esters is 5. The molecule has 356 valence electrons. The molecule has 4 bridgehead atoms. The van der Waals surface area contributed by atoms with Crippen LogP contribution in [0.2, 0.25) is 0 Å². The summed E-state index contributed by atoms with van der Waals surface area (Å²) >= 11 is 0. The zero-order valence-corrected chi connectivity index (χ0v) is 33.4. The minimum atomic E-state index is -2.56. The number of phenols is 11. The quantitative estimate of drug-likeness (QED) is 0.0738. The predicted molar refractivity (Wildman–Crippen MR) is 206 cm³/mol. The van der Waals surface area contributed by atoms with Crippen LogP contribution in [0.3, 0.4) is 0 Å². The number of hydrogen-bond acceptors (Lipinski definition) is 25. The highest BCUT2D eigenvalue weighted by Gasteiger charge is 2.58. The Bertz CT molecular complexity index is 2900. The minimum absolute atomic E-state index is 0.365. The number of carboxylic acids is 2. The first-order chi connectivity index (χ1) is 32.0. The Morgan fingerprint density at radius 1 is 0.574 bits per heavy atom. The van der Waals surface area contributed by atoms with Crippen LogP contribution in [0.1, 0.15) is 59.3 Å². The van der Waals surface area contributed by atoms with E-state index in [0.717, 1.165) is 0 Å². The Hall–Kier alpha value is -9.27. The van der Waals surface area contributed by atoms with Crippen LogP contribution in [0, 0.1) is 5.92 Å². The highest BCUT2D eigenvalue weighted by Crippen LogP contribution is 2.55. The number of carbonyl (C=O) groups is 7. The molecule has 27 nitrogen and oxygen atoms in total. The molecule has 4 aromatic carbocycles. The number of phenolic OH excluding ortho intramolecular Hbond substituents is 11. The first-order valence-electron chi connectivity index (χ1n) is 19.2. The molecular weight excluding hydrogens is 924 g/mol. The lowest BCUT2D eigenvalue weighted by molar-refractivity contribution is -0.287. The highest BCUT2D eigenvalue weighted by atomic mass is 16.7. The standard InChI is InChI=1S/C41H30O27/c42-13-1-8(2-14(43)24(13)49)36(57)68-41-34-33-30(65-40(61)12(6-19(47)48)23-22-11(39(60)67-34)5-17(46)27(52)31(22)64-32(23)35(55)56)18(63-41)7-62-37(58)9-3-15(44)25(50)28(53)20(9)21-10(38(59)66-33)4-16(45)26(51)29(21)54/h1-5,12,18,23,30,32-34,41-46,49-54H,6-7H2,(H,47,48)(H,55,56)/t12?,18-,23+,30-,32?,33+,34-,41+/m1/s1. The van der Waals surface area contributed by atoms with Gasteiger partial charge in [0.25, 0.3) is 0 Å². The summed E-state index contributed by atoms with van der Waals surface area (Å²) in [5.41, 5.74) is -6.91. The van der Waals surface area contributed by atoms with Crippen molar-refractivity contribution in [2.75, 3.05) is 6.61 Å². The molecule has 1 saturated heterocycles. The van der Waals surface area contributed by atoms with Crippen molar-refractivity contribution in [3.8, 4) is 80.1 Å². The fourth-order valence-electron chi connectivity index (χ4n) is 8.13. The van der Waals surface area contributed by atoms with Crippen LogP contribution in [0.5, 0.6) is 69.0 Å². The van der Waals surface area contributed by atoms with Crippen molar-refractivity contribution in [2.45, 2.75) is 49.1 Å². The van der Waals surface area contributed by atoms with Crippen molar-refractivity contribution in [2.24, 2.45) is 5.92 Å². The third-order valence-corrected chi connectivity index (χ3v) is 11.2. The monoisotopic (exact) mass is 954 g/mol. The average Bonchev–Trinajstić information content (AvgIpc) is 3.68. The number of carboxylic acid groups (broad SMARTS) is 2. The molecule has 0 amide bonds. The van der Waals surface area contributed by atoms with E-state index in [1.807, 2.05) is 0 Å². The van der Waals surface area contributed by atoms with Crippen LogP contribution in [-0.4, -0.2) is 152 Å². The smallest absolute Gasteiger partial charge is 0.345 e. The Morgan fingerprint density at radius 3 is 1.66 bits per heavy atom. The van der Waals surface area contributed by atoms with Crippen molar-refractivity contribution in [1.82, 2.24) is 0 Å². The van der Waals surface area contributed by atoms with Gasteiger partial charge in [0.1, 0.15) is 12.7 Å². The number of benzene rings is 4. The number of hydrogen-bond donors (Lipinski definition) is 13. The molecule has 0 spiro atoms. The molecule has 0 aromatic heterocycles. The molecule has 8 rings (SSSR count). The van der Waals surface area contributed by atoms with Gasteiger partial charge in [-0.05, 0) is 30.3 Å². The Labute approximate surface area is 374 Å². The lowest BCUT2D eigenvalue weighted by Crippen LogP contribution is -2.63. The molecule has 68 heavy (non-hydrogen) atoms. The Balaban J connectivity index is 1.39. The maximum Gasteiger partial charge on any atom is 0.345 e. The molecule has 13 N–H and O–H groups in total. The molecule has 1 fully saturated rings. The van der Waals surface area contributed by atoms with E-state index >= 15 is 0 Å². The van der Waals surface area contributed by atoms with E-state index in [-0.39, 0.29) is 0 Å². The average molecular weight is 955 g/mol. The van der Waals surface area contributed by atoms with E-state index in [4.69, 9.17) is 33.2 Å². The predicted octanol–water partition coefficient (Wildman–Crippen LogP) is 0.564. The maximum atomic E-state index is 14.6. The number of ether oxygens (including phenoxy) is 7. The molecule has 4 aliphatic heterocycles. The zero-order chi connectivity index (χ0) is 49.5. The minimum Gasteiger partial charge on any atom is -0.504 e. The van der Waals surface area contributed by atoms with Crippen LogP contribution >= 0.6 is 0 Å². The lowest BCUT2D eigenvalue weighted by atomic mass is 9.79. The lowest BCUT2D eigenvalue weighted by Gasteiger charge is -2.44. The van der Waals surface area contributed by atoms with Crippen LogP contribution in [0.25, 0.3) is 11.1 Å². The van der Waals surface area contributed by atoms with Gasteiger partial charge in [0, 0.05) is 16.7 Å². The SMILES string of the molecule is O=C(O)CC1C(=O)O[C@H]2[C@@H]3OC(=O)c4cc(O)c(O)c(O)c4-c4c(cc(O)c(O)c4O)C(=O)OC[C@H]2O[C@@H](OC(=O)c2cc(O)c(O)c(O)c2)[C@@H]3OC(=O)c2cc(O)c(O)c3c2[C@H]1C(C(=O)O)O3. The third-order valence-electron chi connectivity index (χ3n) is 11.2. The molecule has 27 heteroatoms. The van der Waals surface area contributed by atoms with Crippen LogP contribution in [0.4, 0.5) is 0 Å². The van der Waals surface area contributed by atoms with Gasteiger partial charge in [0.05, 0.1) is 40.5 Å². The maximum absolute atomic E-state index is 14.6. The van der Waals surface area contributed by atoms with Gasteiger partial charge in [-0.3, -0.25) is 9.59 Å². The topological polar surface area (TPSA) is 447 Å². The second-order valence-corrected chi connectivity index (χ2v) is 15.2. The second kappa shape index (κ2) is 16.3. The van der Waals surface area contributed by atoms with Crippen LogP contribution < -0.4 is 4.74 Å². The van der Waals surface area contributed by atoms with Gasteiger partial charge in [0.15, 0.2) is 64.0 Å². The second-order valence-electron chi connectivity index (χ2n) is 15.2. The van der Waals surface area contributed by atoms with Gasteiger partial charge >= 0.3 is 41.8 Å². The summed E-state index contributed by atoms with van der Waals surface area (Å²) in [6.07, 6.45) is -16.0. The summed E-state index contributed by atoms with van der Waals surface area (Å²) in [6, 6.07) is 2.41. The van der Waals surface area contributed by atoms with Crippen molar-refractivity contribution >= 4 is 41.8 Å². The summed E-state index contributed by atoms with van der Waals surface area (Å²) in [4.78, 5) is 96.5. The van der Waals surface area contributed by atoms with Crippen LogP contribution in [0.15, 0.2) is 30.3 Å². The van der Waals surface area contributed by atoms with Gasteiger partial charge < -0.3 is 99.5 Å². The van der Waals surface area contributed by atoms with E-state index in [9.17, 15) is 99.9 Å². The van der Waals surface area contributed by atoms with Gasteiger partial charge in [-0.2, -0.15) is 0 Å². The molecule has 2 unspecified atom stereocenters. The van der Waals surface area contributed by atoms with Gasteiger partial charge in [-0.25, -0.2) is 24.0 Å². The third kappa shape index (κ3) is 7.27. The number of carbonyl (C=O) groups excluding carboxylic acids is 5. The normalized spacial score (nSPS) is 24.0. The Kier molecular flexibility index (Phi) is 10.9. The fourth-order valence-corrected chi connectivity index (χ4v) is 8.13. The van der Waals surface area contributed by atoms with E-state index in [1.54, 1.807) is 0 Å². The van der Waals surface area contributed by atoms with Crippen molar-refractivity contribution in [1.29, 1.82) is 0 Å². The van der Waals surface area contributed by atoms with Gasteiger partial charge in [-0.1, -0.05) is 0 Å². The van der Waals surface area contributed by atoms with Gasteiger partial charge in [-0.15, -0.1) is 0 Å². The van der Waals surface area contributed by atoms with Crippen LogP contribution in [-0.2, 0) is 42.8 Å². The summed E-state index contributed by atoms with van der Waals surface area (Å²) in [6.45, 7) is -1.30. The molecule has 0 aliphatic carbocycles. The molecule has 8 atom stereocenters. The number of fused-ring (bicyclic) bond motifs is 3. The molecule has 0 radical (unpaired) electrons. The molecule has 0 saturated carbocycles. The molecule has 4 aromatic rings. The molecule has 4 heterocycles. The fraction of sp³-hybridized carbons (Fsp3) is 0.244. The first kappa shape index (κ1) is 45.3. The van der Waals surface area contributed by atoms with Crippen molar-refractivity contribution in [3.05, 3.63) is 58.1 Å². The number of rotatable bonds is 5. The summed E-state index contributed by atoms with van der Waals surface area (Å²) in [5.74, 6) is -31.7.